The van der Waals surface area contributed by atoms with Gasteiger partial charge in [-0.1, -0.05) is 60.4 Å². The summed E-state index contributed by atoms with van der Waals surface area (Å²) >= 11 is 21.5. The minimum absolute atomic E-state index is 0. The first-order valence-corrected chi connectivity index (χ1v) is 33.3. The number of nitrogens with zero attached hydrogens (tertiary/aromatic N) is 3. The Morgan fingerprint density at radius 3 is 0.965 bits per heavy atom. The van der Waals surface area contributed by atoms with E-state index in [4.69, 9.17) is 49.0 Å². The number of hydrogen-bond donors (Lipinski definition) is 6. The molecule has 3 amide bonds. The SMILES string of the molecule is C.COCCN1C(C(=O)Nc2ccc(F)c(Cl)c2)CC(c2cccs2)NS1(=O)=O.COCCN1[C@@H](C(=O)Nc2ccc(F)c(Cl)c2)C[C@@H](c2cccs2)NS1(=O)=O.COCCN1[C@H](C(=O)Nc2ccc(F)c(Cl)c2)C[C@H](c2cccs2)NS1(=O)=O. The average Bonchev–Trinajstić information content (AvgIpc) is 3.78. The normalized spacial score (nSPS) is 21.8. The van der Waals surface area contributed by atoms with Crippen molar-refractivity contribution in [3.05, 3.63) is 154 Å². The van der Waals surface area contributed by atoms with E-state index >= 15 is 0 Å². The van der Waals surface area contributed by atoms with Crippen LogP contribution in [-0.2, 0) is 59.2 Å². The van der Waals surface area contributed by atoms with Gasteiger partial charge in [-0.3, -0.25) is 14.4 Å². The summed E-state index contributed by atoms with van der Waals surface area (Å²) in [6, 6.07) is 17.8. The first kappa shape index (κ1) is 69.4. The van der Waals surface area contributed by atoms with E-state index in [1.807, 2.05) is 52.5 Å². The molecule has 2 unspecified atom stereocenters. The highest BCUT2D eigenvalue weighted by Gasteiger charge is 2.46. The number of thiophene rings is 3. The molecular formula is C52H61Cl3F3N9O12S6. The van der Waals surface area contributed by atoms with Gasteiger partial charge in [-0.2, -0.15) is 52.3 Å². The van der Waals surface area contributed by atoms with E-state index in [0.29, 0.717) is 0 Å². The van der Waals surface area contributed by atoms with Crippen molar-refractivity contribution in [1.82, 2.24) is 27.1 Å². The minimum atomic E-state index is -3.91. The van der Waals surface area contributed by atoms with Crippen LogP contribution in [0.2, 0.25) is 15.1 Å². The molecule has 0 radical (unpaired) electrons. The number of carbonyl (C=O) groups excluding carboxylic acids is 3. The molecule has 6 heterocycles. The number of carbonyl (C=O) groups is 3. The van der Waals surface area contributed by atoms with Crippen molar-refractivity contribution in [2.45, 2.75) is 62.9 Å². The van der Waals surface area contributed by atoms with Crippen LogP contribution in [0, 0.1) is 17.5 Å². The molecule has 3 aromatic heterocycles. The van der Waals surface area contributed by atoms with E-state index in [1.54, 1.807) is 0 Å². The van der Waals surface area contributed by atoms with Gasteiger partial charge in [0, 0.05) is 72.7 Å². The van der Waals surface area contributed by atoms with Crippen LogP contribution in [0.4, 0.5) is 30.2 Å². The predicted molar refractivity (Wildman–Crippen MR) is 325 cm³/mol. The van der Waals surface area contributed by atoms with Gasteiger partial charge in [0.2, 0.25) is 17.7 Å². The zero-order valence-corrected chi connectivity index (χ0v) is 51.8. The molecule has 0 saturated carbocycles. The standard InChI is InChI=1S/3C17H19ClFN3O4S2.CH4/c3*1-26-7-6-22-15(17(23)20-11-4-5-13(19)12(18)9-11)10-14(21-28(22,24)25)16-3-2-8-27-16;/h3*2-5,8-9,14-15,21H,6-7,10H2,1H3,(H,20,23);1H4/t2*14-,15+;;/m10../s1. The monoisotopic (exact) mass is 1360 g/mol. The molecule has 33 heteroatoms. The number of rotatable bonds is 18. The predicted octanol–water partition coefficient (Wildman–Crippen LogP) is 8.96. The van der Waals surface area contributed by atoms with Gasteiger partial charge in [0.1, 0.15) is 35.6 Å². The van der Waals surface area contributed by atoms with E-state index < -0.39 is 102 Å². The quantitative estimate of drug-likeness (QED) is 0.0471. The number of ether oxygens (including phenoxy) is 3. The Bertz CT molecular complexity index is 3190. The Kier molecular flexibility index (Phi) is 25.7. The summed E-state index contributed by atoms with van der Waals surface area (Å²) in [5, 5.41) is 13.0. The third-order valence-electron chi connectivity index (χ3n) is 12.9. The Labute approximate surface area is 518 Å². The van der Waals surface area contributed by atoms with Crippen LogP contribution in [0.25, 0.3) is 0 Å². The fourth-order valence-corrected chi connectivity index (χ4v) is 16.7. The number of hydrogen-bond acceptors (Lipinski definition) is 15. The van der Waals surface area contributed by atoms with E-state index in [0.717, 1.165) is 45.7 Å². The highest BCUT2D eigenvalue weighted by Crippen LogP contribution is 2.35. The van der Waals surface area contributed by atoms with E-state index in [1.165, 1.54) is 91.7 Å². The Morgan fingerprint density at radius 2 is 0.753 bits per heavy atom. The van der Waals surface area contributed by atoms with E-state index in [-0.39, 0.29) is 98.3 Å². The molecule has 3 saturated heterocycles. The van der Waals surface area contributed by atoms with Crippen molar-refractivity contribution in [2.75, 3.05) is 76.7 Å². The maximum Gasteiger partial charge on any atom is 0.280 e. The summed E-state index contributed by atoms with van der Waals surface area (Å²) < 4.78 is 143. The van der Waals surface area contributed by atoms with Crippen molar-refractivity contribution in [2.24, 2.45) is 0 Å². The molecule has 6 aromatic rings. The Hall–Kier alpha value is -4.68. The second-order valence-electron chi connectivity index (χ2n) is 18.5. The molecule has 85 heavy (non-hydrogen) atoms. The second kappa shape index (κ2) is 31.5. The number of benzene rings is 3. The van der Waals surface area contributed by atoms with Crippen LogP contribution in [0.5, 0.6) is 0 Å². The number of halogens is 6. The zero-order chi connectivity index (χ0) is 60.9. The van der Waals surface area contributed by atoms with Crippen LogP contribution in [0.1, 0.15) is 59.4 Å². The number of methoxy groups -OCH3 is 3. The summed E-state index contributed by atoms with van der Waals surface area (Å²) in [6.45, 7) is 0.464. The lowest BCUT2D eigenvalue weighted by Crippen LogP contribution is -2.58. The largest absolute Gasteiger partial charge is 0.383 e. The summed E-state index contributed by atoms with van der Waals surface area (Å²) in [5.74, 6) is -3.39. The molecule has 0 aliphatic carbocycles. The lowest BCUT2D eigenvalue weighted by molar-refractivity contribution is -0.121. The van der Waals surface area contributed by atoms with Crippen molar-refractivity contribution in [3.8, 4) is 0 Å². The van der Waals surface area contributed by atoms with Gasteiger partial charge in [0.15, 0.2) is 0 Å². The van der Waals surface area contributed by atoms with Gasteiger partial charge in [0.05, 0.1) is 53.0 Å². The summed E-state index contributed by atoms with van der Waals surface area (Å²) in [7, 11) is -7.37. The fourth-order valence-electron chi connectivity index (χ4n) is 8.89. The molecule has 6 N–H and O–H groups in total. The van der Waals surface area contributed by atoms with Crippen molar-refractivity contribution in [3.63, 3.8) is 0 Å². The van der Waals surface area contributed by atoms with Crippen LogP contribution in [0.3, 0.4) is 0 Å². The van der Waals surface area contributed by atoms with Crippen LogP contribution < -0.4 is 30.1 Å². The van der Waals surface area contributed by atoms with E-state index in [2.05, 4.69) is 30.1 Å². The van der Waals surface area contributed by atoms with Crippen LogP contribution in [0.15, 0.2) is 107 Å². The summed E-state index contributed by atoms with van der Waals surface area (Å²) in [6.07, 6.45) is 0.721. The van der Waals surface area contributed by atoms with Gasteiger partial charge >= 0.3 is 0 Å². The highest BCUT2D eigenvalue weighted by molar-refractivity contribution is 7.87. The lowest BCUT2D eigenvalue weighted by atomic mass is 10.0. The molecule has 21 nitrogen and oxygen atoms in total. The third-order valence-corrected chi connectivity index (χ3v) is 21.6. The molecule has 6 atom stereocenters. The smallest absolute Gasteiger partial charge is 0.280 e. The third kappa shape index (κ3) is 18.4. The molecular weight excluding hydrogens is 1300 g/mol. The molecule has 0 bridgehead atoms. The van der Waals surface area contributed by atoms with Gasteiger partial charge in [0.25, 0.3) is 30.6 Å². The maximum atomic E-state index is 13.3. The van der Waals surface area contributed by atoms with Crippen molar-refractivity contribution in [1.29, 1.82) is 0 Å². The van der Waals surface area contributed by atoms with Crippen LogP contribution >= 0.6 is 68.8 Å². The van der Waals surface area contributed by atoms with Gasteiger partial charge in [-0.25, -0.2) is 13.2 Å². The summed E-state index contributed by atoms with van der Waals surface area (Å²) in [5.41, 5.74) is 0.852. The number of nitrogens with one attached hydrogen (secondary N) is 6. The number of anilines is 3. The maximum absolute atomic E-state index is 13.3. The second-order valence-corrected chi connectivity index (χ2v) is 27.6. The lowest BCUT2D eigenvalue weighted by Gasteiger charge is -2.37. The molecule has 3 aromatic carbocycles. The molecule has 9 rings (SSSR count). The fraction of sp³-hybridized carbons (Fsp3) is 0.365. The minimum Gasteiger partial charge on any atom is -0.383 e. The molecule has 464 valence electrons. The first-order chi connectivity index (χ1) is 39.9. The molecule has 0 spiro atoms. The van der Waals surface area contributed by atoms with Crippen LogP contribution in [-0.4, -0.2) is 135 Å². The molecule has 3 aliphatic heterocycles. The zero-order valence-electron chi connectivity index (χ0n) is 44.7. The average molecular weight is 1360 g/mol. The summed E-state index contributed by atoms with van der Waals surface area (Å²) in [4.78, 5) is 41.2. The van der Waals surface area contributed by atoms with Gasteiger partial charge in [-0.15, -0.1) is 34.0 Å². The first-order valence-electron chi connectivity index (χ1n) is 25.2. The van der Waals surface area contributed by atoms with E-state index in [9.17, 15) is 52.8 Å². The molecule has 3 aliphatic rings. The van der Waals surface area contributed by atoms with Crippen molar-refractivity contribution < 1.29 is 67.0 Å². The van der Waals surface area contributed by atoms with Gasteiger partial charge in [-0.05, 0) is 108 Å². The highest BCUT2D eigenvalue weighted by atomic mass is 35.5. The Balaban J connectivity index is 0.000000203. The van der Waals surface area contributed by atoms with Gasteiger partial charge < -0.3 is 30.2 Å². The van der Waals surface area contributed by atoms with Crippen molar-refractivity contribution >= 4 is 134 Å². The molecule has 3 fully saturated rings. The Morgan fingerprint density at radius 1 is 0.494 bits per heavy atom. The number of amides is 3. The topological polar surface area (TPSA) is 263 Å².